The van der Waals surface area contributed by atoms with Crippen molar-refractivity contribution in [1.82, 2.24) is 0 Å². The van der Waals surface area contributed by atoms with Crippen molar-refractivity contribution in [3.63, 3.8) is 0 Å². The maximum absolute atomic E-state index is 9.98. The Morgan fingerprint density at radius 2 is 1.88 bits per heavy atom. The first-order valence-corrected chi connectivity index (χ1v) is 1.99. The summed E-state index contributed by atoms with van der Waals surface area (Å²) in [6.45, 7) is 2.70. The van der Waals surface area contributed by atoms with Crippen LogP contribution in [0.15, 0.2) is 11.8 Å². The third kappa shape index (κ3) is 9.30. The van der Waals surface area contributed by atoms with Gasteiger partial charge in [0.15, 0.2) is 5.78 Å². The van der Waals surface area contributed by atoms with E-state index in [0.717, 1.165) is 6.08 Å². The van der Waals surface area contributed by atoms with Gasteiger partial charge >= 0.3 is 20.4 Å². The van der Waals surface area contributed by atoms with Crippen LogP contribution in [0.25, 0.3) is 0 Å². The summed E-state index contributed by atoms with van der Waals surface area (Å²) in [6.07, 6.45) is 1.06. The summed E-state index contributed by atoms with van der Waals surface area (Å²) in [5, 5.41) is 9.98. The standard InChI is InChI=1S/C5H8O2.Pd/c1-4(6)3-5(2)7;/h3,6H,1-2H3;/q;+2/p-1/b4-3-;. The van der Waals surface area contributed by atoms with Gasteiger partial charge in [0, 0.05) is 0 Å². The molecule has 0 saturated heterocycles. The van der Waals surface area contributed by atoms with Crippen molar-refractivity contribution in [2.75, 3.05) is 0 Å². The average molecular weight is 206 g/mol. The number of hydrogen-bond donors (Lipinski definition) is 0. The minimum atomic E-state index is -0.187. The molecule has 0 saturated carbocycles. The van der Waals surface area contributed by atoms with Crippen molar-refractivity contribution in [3.8, 4) is 0 Å². The van der Waals surface area contributed by atoms with E-state index in [0.29, 0.717) is 0 Å². The van der Waals surface area contributed by atoms with Crippen LogP contribution in [0.3, 0.4) is 0 Å². The molecule has 0 radical (unpaired) electrons. The van der Waals surface area contributed by atoms with Crippen LogP contribution < -0.4 is 5.11 Å². The van der Waals surface area contributed by atoms with Crippen LogP contribution in [0.4, 0.5) is 0 Å². The first kappa shape index (κ1) is 10.8. The van der Waals surface area contributed by atoms with Gasteiger partial charge in [0.1, 0.15) is 0 Å². The van der Waals surface area contributed by atoms with E-state index in [1.165, 1.54) is 13.8 Å². The Morgan fingerprint density at radius 3 is 1.88 bits per heavy atom. The molecule has 2 nitrogen and oxygen atoms in total. The Labute approximate surface area is 62.2 Å². The van der Waals surface area contributed by atoms with Crippen LogP contribution in [-0.2, 0) is 25.2 Å². The molecule has 0 aliphatic heterocycles. The topological polar surface area (TPSA) is 40.1 Å². The van der Waals surface area contributed by atoms with Gasteiger partial charge < -0.3 is 5.11 Å². The summed E-state index contributed by atoms with van der Waals surface area (Å²) in [5.74, 6) is -0.375. The van der Waals surface area contributed by atoms with E-state index in [4.69, 9.17) is 0 Å². The number of ketones is 1. The summed E-state index contributed by atoms with van der Waals surface area (Å²) < 4.78 is 0. The molecule has 0 atom stereocenters. The van der Waals surface area contributed by atoms with E-state index in [-0.39, 0.29) is 32.0 Å². The maximum atomic E-state index is 9.98. The Kier molecular flexibility index (Phi) is 6.76. The van der Waals surface area contributed by atoms with Gasteiger partial charge in [-0.3, -0.25) is 4.79 Å². The first-order chi connectivity index (χ1) is 3.13. The number of rotatable bonds is 1. The molecule has 3 heteroatoms. The molecule has 0 bridgehead atoms. The third-order valence-corrected chi connectivity index (χ3v) is 0.407. The van der Waals surface area contributed by atoms with E-state index in [1.807, 2.05) is 0 Å². The first-order valence-electron chi connectivity index (χ1n) is 1.99. The second-order valence-electron chi connectivity index (χ2n) is 1.37. The molecule has 0 fully saturated rings. The third-order valence-electron chi connectivity index (χ3n) is 0.407. The Balaban J connectivity index is 0. The smallest absolute Gasteiger partial charge is 0.876 e. The quantitative estimate of drug-likeness (QED) is 0.339. The van der Waals surface area contributed by atoms with Gasteiger partial charge in [0.25, 0.3) is 0 Å². The second kappa shape index (κ2) is 5.02. The molecule has 0 aromatic rings. The molecule has 0 N–H and O–H groups in total. The Hall–Kier alpha value is -0.128. The fraction of sp³-hybridized carbons (Fsp3) is 0.400. The fourth-order valence-corrected chi connectivity index (χ4v) is 0.286. The molecule has 48 valence electrons. The number of hydrogen-bond acceptors (Lipinski definition) is 2. The fourth-order valence-electron chi connectivity index (χ4n) is 0.286. The van der Waals surface area contributed by atoms with Gasteiger partial charge in [-0.2, -0.15) is 0 Å². The van der Waals surface area contributed by atoms with Crippen molar-refractivity contribution < 1.29 is 30.3 Å². The van der Waals surface area contributed by atoms with Gasteiger partial charge in [-0.05, 0) is 13.0 Å². The molecule has 0 aromatic carbocycles. The van der Waals surface area contributed by atoms with Crippen LogP contribution in [0.2, 0.25) is 0 Å². The minimum absolute atomic E-state index is 0. The molecular weight excluding hydrogens is 198 g/mol. The average Bonchev–Trinajstić information content (AvgIpc) is 1.27. The summed E-state index contributed by atoms with van der Waals surface area (Å²) in [7, 11) is 0. The van der Waals surface area contributed by atoms with Crippen LogP contribution in [0, 0.1) is 0 Å². The van der Waals surface area contributed by atoms with Crippen molar-refractivity contribution in [2.45, 2.75) is 13.8 Å². The van der Waals surface area contributed by atoms with Crippen LogP contribution in [0.5, 0.6) is 0 Å². The molecule has 0 aliphatic rings. The van der Waals surface area contributed by atoms with E-state index >= 15 is 0 Å². The SMILES string of the molecule is CC(=O)/C=C(/C)[O-].[Pd+2]. The van der Waals surface area contributed by atoms with Gasteiger partial charge in [-0.1, -0.05) is 6.92 Å². The molecule has 8 heavy (non-hydrogen) atoms. The molecule has 0 heterocycles. The van der Waals surface area contributed by atoms with Gasteiger partial charge in [-0.25, -0.2) is 0 Å². The second-order valence-corrected chi connectivity index (χ2v) is 1.37. The summed E-state index contributed by atoms with van der Waals surface area (Å²) in [4.78, 5) is 9.98. The Bertz CT molecular complexity index is 103. The molecule has 0 aromatic heterocycles. The van der Waals surface area contributed by atoms with Gasteiger partial charge in [0.2, 0.25) is 0 Å². The van der Waals surface area contributed by atoms with E-state index in [1.54, 1.807) is 0 Å². The van der Waals surface area contributed by atoms with Gasteiger partial charge in [-0.15, -0.1) is 5.76 Å². The normalized spacial score (nSPS) is 10.0. The molecule has 0 amide bonds. The number of carbonyl (C=O) groups excluding carboxylic acids is 1. The number of allylic oxidation sites excluding steroid dienone is 2. The molecule has 0 aliphatic carbocycles. The predicted octanol–water partition coefficient (Wildman–Crippen LogP) is -0.163. The largest absolute Gasteiger partial charge is 2.00 e. The number of carbonyl (C=O) groups is 1. The molecular formula is C5H7O2Pd+. The summed E-state index contributed by atoms with van der Waals surface area (Å²) >= 11 is 0. The van der Waals surface area contributed by atoms with Crippen LogP contribution >= 0.6 is 0 Å². The van der Waals surface area contributed by atoms with E-state index < -0.39 is 0 Å². The zero-order valence-electron chi connectivity index (χ0n) is 4.71. The van der Waals surface area contributed by atoms with Crippen LogP contribution in [0.1, 0.15) is 13.8 Å². The van der Waals surface area contributed by atoms with Crippen molar-refractivity contribution in [3.05, 3.63) is 11.8 Å². The summed E-state index contributed by atoms with van der Waals surface area (Å²) in [6, 6.07) is 0. The van der Waals surface area contributed by atoms with Gasteiger partial charge in [0.05, 0.1) is 0 Å². The van der Waals surface area contributed by atoms with E-state index in [9.17, 15) is 9.90 Å². The molecule has 0 unspecified atom stereocenters. The van der Waals surface area contributed by atoms with Crippen LogP contribution in [-0.4, -0.2) is 5.78 Å². The maximum Gasteiger partial charge on any atom is 2.00 e. The zero-order valence-corrected chi connectivity index (χ0v) is 6.26. The zero-order chi connectivity index (χ0) is 5.86. The van der Waals surface area contributed by atoms with E-state index in [2.05, 4.69) is 0 Å². The van der Waals surface area contributed by atoms with Crippen molar-refractivity contribution in [2.24, 2.45) is 0 Å². The Morgan fingerprint density at radius 1 is 1.50 bits per heavy atom. The molecule has 0 rings (SSSR count). The molecule has 0 spiro atoms. The predicted molar refractivity (Wildman–Crippen MR) is 24.4 cm³/mol. The van der Waals surface area contributed by atoms with Crippen molar-refractivity contribution >= 4 is 5.78 Å². The monoisotopic (exact) mass is 205 g/mol. The van der Waals surface area contributed by atoms with Crippen molar-refractivity contribution in [1.29, 1.82) is 0 Å². The minimum Gasteiger partial charge on any atom is -0.876 e. The summed E-state index contributed by atoms with van der Waals surface area (Å²) in [5.41, 5.74) is 0.